The molecule has 90 valence electrons. The average molecular weight is 232 g/mol. The quantitative estimate of drug-likeness (QED) is 0.842. The largest absolute Gasteiger partial charge is 0.347 e. The molecule has 1 fully saturated rings. The van der Waals surface area contributed by atoms with Crippen molar-refractivity contribution < 1.29 is 4.39 Å². The van der Waals surface area contributed by atoms with Crippen LogP contribution in [0.25, 0.3) is 10.9 Å². The van der Waals surface area contributed by atoms with Crippen molar-refractivity contribution >= 4 is 10.9 Å². The van der Waals surface area contributed by atoms with Crippen LogP contribution in [-0.2, 0) is 6.54 Å². The van der Waals surface area contributed by atoms with E-state index in [9.17, 15) is 4.39 Å². The van der Waals surface area contributed by atoms with Crippen molar-refractivity contribution in [1.29, 1.82) is 0 Å². The molecule has 1 saturated heterocycles. The molecule has 2 nitrogen and oxygen atoms in total. The topological polar surface area (TPSA) is 17.0 Å². The molecule has 1 aliphatic heterocycles. The third-order valence-electron chi connectivity index (χ3n) is 3.65. The van der Waals surface area contributed by atoms with Crippen molar-refractivity contribution in [3.63, 3.8) is 0 Å². The number of nitrogens with zero attached hydrogens (tertiary/aromatic N) is 1. The molecule has 0 saturated carbocycles. The molecule has 3 heteroatoms. The van der Waals surface area contributed by atoms with Crippen LogP contribution in [0, 0.1) is 5.92 Å². The molecule has 1 aromatic heterocycles. The summed E-state index contributed by atoms with van der Waals surface area (Å²) in [6, 6.07) is 10.4. The zero-order valence-corrected chi connectivity index (χ0v) is 9.77. The second-order valence-corrected chi connectivity index (χ2v) is 4.80. The fraction of sp³-hybridized carbons (Fsp3) is 0.429. The van der Waals surface area contributed by atoms with E-state index in [1.165, 1.54) is 10.9 Å². The fourth-order valence-corrected chi connectivity index (χ4v) is 2.63. The van der Waals surface area contributed by atoms with Crippen molar-refractivity contribution in [3.05, 3.63) is 36.5 Å². The lowest BCUT2D eigenvalue weighted by molar-refractivity contribution is 0.164. The van der Waals surface area contributed by atoms with E-state index in [1.54, 1.807) is 0 Å². The van der Waals surface area contributed by atoms with Gasteiger partial charge < -0.3 is 9.88 Å². The number of aromatic nitrogens is 1. The first kappa shape index (κ1) is 10.8. The van der Waals surface area contributed by atoms with Crippen molar-refractivity contribution in [2.24, 2.45) is 5.92 Å². The van der Waals surface area contributed by atoms with Gasteiger partial charge in [0.25, 0.3) is 0 Å². The summed E-state index contributed by atoms with van der Waals surface area (Å²) in [6.45, 7) is 2.23. The number of alkyl halides is 1. The Morgan fingerprint density at radius 2 is 2.18 bits per heavy atom. The van der Waals surface area contributed by atoms with Gasteiger partial charge >= 0.3 is 0 Å². The molecule has 1 aromatic carbocycles. The molecule has 2 heterocycles. The fourth-order valence-electron chi connectivity index (χ4n) is 2.63. The zero-order chi connectivity index (χ0) is 11.7. The Kier molecular flexibility index (Phi) is 2.85. The van der Waals surface area contributed by atoms with Gasteiger partial charge in [0.15, 0.2) is 0 Å². The predicted molar refractivity (Wildman–Crippen MR) is 67.8 cm³/mol. The molecule has 3 rings (SSSR count). The van der Waals surface area contributed by atoms with Crippen molar-refractivity contribution in [2.45, 2.75) is 19.1 Å². The van der Waals surface area contributed by atoms with Gasteiger partial charge in [-0.2, -0.15) is 0 Å². The molecule has 17 heavy (non-hydrogen) atoms. The van der Waals surface area contributed by atoms with E-state index >= 15 is 0 Å². The minimum absolute atomic E-state index is 0.145. The van der Waals surface area contributed by atoms with E-state index in [0.717, 1.165) is 19.5 Å². The maximum absolute atomic E-state index is 13.8. The molecule has 2 aromatic rings. The number of fused-ring (bicyclic) bond motifs is 1. The number of halogens is 1. The third-order valence-corrected chi connectivity index (χ3v) is 3.65. The van der Waals surface area contributed by atoms with Crippen molar-refractivity contribution in [1.82, 2.24) is 9.88 Å². The van der Waals surface area contributed by atoms with E-state index in [2.05, 4.69) is 34.3 Å². The van der Waals surface area contributed by atoms with E-state index in [4.69, 9.17) is 0 Å². The maximum atomic E-state index is 13.8. The number of piperidine rings is 1. The third kappa shape index (κ3) is 2.07. The SMILES string of the molecule is FC1CNCCC1Cn1ccc2ccccc21. The minimum Gasteiger partial charge on any atom is -0.347 e. The molecule has 0 aliphatic carbocycles. The van der Waals surface area contributed by atoms with E-state index in [1.807, 2.05) is 12.1 Å². The van der Waals surface area contributed by atoms with Crippen molar-refractivity contribution in [2.75, 3.05) is 13.1 Å². The Morgan fingerprint density at radius 3 is 3.06 bits per heavy atom. The summed E-state index contributed by atoms with van der Waals surface area (Å²) >= 11 is 0. The summed E-state index contributed by atoms with van der Waals surface area (Å²) in [6.07, 6.45) is 2.28. The van der Waals surface area contributed by atoms with Crippen LogP contribution in [0.1, 0.15) is 6.42 Å². The molecule has 0 spiro atoms. The average Bonchev–Trinajstić information content (AvgIpc) is 2.76. The predicted octanol–water partition coefficient (Wildman–Crippen LogP) is 2.59. The second-order valence-electron chi connectivity index (χ2n) is 4.80. The number of nitrogens with one attached hydrogen (secondary N) is 1. The summed E-state index contributed by atoms with van der Waals surface area (Å²) in [7, 11) is 0. The lowest BCUT2D eigenvalue weighted by Crippen LogP contribution is -2.39. The van der Waals surface area contributed by atoms with Gasteiger partial charge in [0.1, 0.15) is 6.17 Å². The highest BCUT2D eigenvalue weighted by molar-refractivity contribution is 5.79. The minimum atomic E-state index is -0.718. The first-order valence-corrected chi connectivity index (χ1v) is 6.23. The van der Waals surface area contributed by atoms with E-state index in [-0.39, 0.29) is 5.92 Å². The smallest absolute Gasteiger partial charge is 0.117 e. The zero-order valence-electron chi connectivity index (χ0n) is 9.77. The molecular weight excluding hydrogens is 215 g/mol. The number of hydrogen-bond acceptors (Lipinski definition) is 1. The summed E-state index contributed by atoms with van der Waals surface area (Å²) < 4.78 is 15.9. The summed E-state index contributed by atoms with van der Waals surface area (Å²) in [4.78, 5) is 0. The van der Waals surface area contributed by atoms with Crippen LogP contribution in [0.5, 0.6) is 0 Å². The highest BCUT2D eigenvalue weighted by atomic mass is 19.1. The Labute approximate surface area is 100 Å². The molecule has 1 aliphatic rings. The Balaban J connectivity index is 1.84. The molecular formula is C14H17FN2. The number of para-hydroxylation sites is 1. The Bertz CT molecular complexity index is 506. The van der Waals surface area contributed by atoms with Crippen LogP contribution in [0.2, 0.25) is 0 Å². The van der Waals surface area contributed by atoms with Gasteiger partial charge in [-0.15, -0.1) is 0 Å². The molecule has 1 N–H and O–H groups in total. The normalized spacial score (nSPS) is 25.2. The lowest BCUT2D eigenvalue weighted by atomic mass is 9.96. The lowest BCUT2D eigenvalue weighted by Gasteiger charge is -2.27. The maximum Gasteiger partial charge on any atom is 0.117 e. The number of benzene rings is 1. The molecule has 2 atom stereocenters. The van der Waals surface area contributed by atoms with Gasteiger partial charge in [-0.25, -0.2) is 4.39 Å². The molecule has 0 amide bonds. The number of rotatable bonds is 2. The van der Waals surface area contributed by atoms with Crippen LogP contribution in [0.15, 0.2) is 36.5 Å². The molecule has 2 unspecified atom stereocenters. The van der Waals surface area contributed by atoms with Gasteiger partial charge in [-0.1, -0.05) is 18.2 Å². The van der Waals surface area contributed by atoms with E-state index < -0.39 is 6.17 Å². The monoisotopic (exact) mass is 232 g/mol. The first-order chi connectivity index (χ1) is 8.34. The number of hydrogen-bond donors (Lipinski definition) is 1. The first-order valence-electron chi connectivity index (χ1n) is 6.23. The van der Waals surface area contributed by atoms with Gasteiger partial charge in [0.2, 0.25) is 0 Å². The highest BCUT2D eigenvalue weighted by Gasteiger charge is 2.24. The van der Waals surface area contributed by atoms with Crippen LogP contribution in [0.4, 0.5) is 4.39 Å². The highest BCUT2D eigenvalue weighted by Crippen LogP contribution is 2.22. The summed E-state index contributed by atoms with van der Waals surface area (Å²) in [5.74, 6) is 0.145. The van der Waals surface area contributed by atoms with Crippen LogP contribution < -0.4 is 5.32 Å². The molecule has 0 bridgehead atoms. The Hall–Kier alpha value is -1.35. The molecule has 0 radical (unpaired) electrons. The van der Waals surface area contributed by atoms with Crippen LogP contribution in [-0.4, -0.2) is 23.8 Å². The van der Waals surface area contributed by atoms with Gasteiger partial charge in [-0.3, -0.25) is 0 Å². The van der Waals surface area contributed by atoms with E-state index in [0.29, 0.717) is 6.54 Å². The Morgan fingerprint density at radius 1 is 1.29 bits per heavy atom. The summed E-state index contributed by atoms with van der Waals surface area (Å²) in [5, 5.41) is 4.33. The standard InChI is InChI=1S/C14H17FN2/c15-13-9-16-7-5-12(13)10-17-8-6-11-3-1-2-4-14(11)17/h1-4,6,8,12-13,16H,5,7,9-10H2. The van der Waals surface area contributed by atoms with Crippen LogP contribution in [0.3, 0.4) is 0 Å². The van der Waals surface area contributed by atoms with Crippen molar-refractivity contribution in [3.8, 4) is 0 Å². The second kappa shape index (κ2) is 4.49. The van der Waals surface area contributed by atoms with Crippen LogP contribution >= 0.6 is 0 Å². The van der Waals surface area contributed by atoms with Gasteiger partial charge in [-0.05, 0) is 30.5 Å². The summed E-state index contributed by atoms with van der Waals surface area (Å²) in [5.41, 5.74) is 1.21. The van der Waals surface area contributed by atoms with Gasteiger partial charge in [0.05, 0.1) is 0 Å². The van der Waals surface area contributed by atoms with Gasteiger partial charge in [0, 0.05) is 30.7 Å².